The van der Waals surface area contributed by atoms with Crippen molar-refractivity contribution < 1.29 is 9.84 Å². The van der Waals surface area contributed by atoms with Crippen LogP contribution >= 0.6 is 0 Å². The summed E-state index contributed by atoms with van der Waals surface area (Å²) in [7, 11) is 0. The Balaban J connectivity index is 2.02. The van der Waals surface area contributed by atoms with Gasteiger partial charge in [-0.15, -0.1) is 0 Å². The predicted molar refractivity (Wildman–Crippen MR) is 79.5 cm³/mol. The number of benzene rings is 1. The largest absolute Gasteiger partial charge is 0.493 e. The van der Waals surface area contributed by atoms with Crippen LogP contribution in [0.2, 0.25) is 0 Å². The number of aromatic nitrogens is 2. The van der Waals surface area contributed by atoms with Gasteiger partial charge in [0.1, 0.15) is 11.4 Å². The first-order valence-corrected chi connectivity index (χ1v) is 7.13. The number of rotatable bonds is 2. The molecule has 3 rings (SSSR count). The molecule has 2 aromatic rings. The first kappa shape index (κ1) is 13.8. The summed E-state index contributed by atoms with van der Waals surface area (Å²) in [6.07, 6.45) is 1.85. The molecule has 1 fully saturated rings. The van der Waals surface area contributed by atoms with Crippen molar-refractivity contribution in [3.8, 4) is 17.0 Å². The number of aromatic hydroxyl groups is 1. The van der Waals surface area contributed by atoms with Crippen molar-refractivity contribution in [1.82, 2.24) is 9.97 Å². The normalized spacial score (nSPS) is 18.6. The van der Waals surface area contributed by atoms with Gasteiger partial charge in [0.2, 0.25) is 5.88 Å². The van der Waals surface area contributed by atoms with Crippen LogP contribution in [0.4, 0.5) is 0 Å². The van der Waals surface area contributed by atoms with Crippen LogP contribution in [0.1, 0.15) is 30.1 Å². The molecule has 0 radical (unpaired) electrons. The molecule has 110 valence electrons. The molecule has 0 bridgehead atoms. The maximum absolute atomic E-state index is 12.3. The van der Waals surface area contributed by atoms with Gasteiger partial charge in [0.15, 0.2) is 0 Å². The van der Waals surface area contributed by atoms with Crippen molar-refractivity contribution >= 4 is 0 Å². The van der Waals surface area contributed by atoms with E-state index in [4.69, 9.17) is 4.74 Å². The summed E-state index contributed by atoms with van der Waals surface area (Å²) in [5.41, 5.74) is 1.61. The van der Waals surface area contributed by atoms with Crippen LogP contribution in [-0.2, 0) is 4.74 Å². The van der Waals surface area contributed by atoms with E-state index in [-0.39, 0.29) is 22.9 Å². The van der Waals surface area contributed by atoms with Crippen LogP contribution in [0.25, 0.3) is 11.1 Å². The number of H-pyrrole nitrogens is 1. The first-order valence-electron chi connectivity index (χ1n) is 7.13. The molecule has 0 saturated carbocycles. The van der Waals surface area contributed by atoms with Crippen molar-refractivity contribution in [2.24, 2.45) is 0 Å². The quantitative estimate of drug-likeness (QED) is 0.888. The fraction of sp³-hybridized carbons (Fsp3) is 0.375. The lowest BCUT2D eigenvalue weighted by Crippen LogP contribution is -2.22. The van der Waals surface area contributed by atoms with Gasteiger partial charge in [-0.05, 0) is 25.3 Å². The Bertz CT molecular complexity index is 703. The highest BCUT2D eigenvalue weighted by molar-refractivity contribution is 5.67. The van der Waals surface area contributed by atoms with Gasteiger partial charge >= 0.3 is 0 Å². The molecule has 1 unspecified atom stereocenters. The fourth-order valence-electron chi connectivity index (χ4n) is 2.69. The second-order valence-electron chi connectivity index (χ2n) is 5.43. The van der Waals surface area contributed by atoms with Crippen LogP contribution < -0.4 is 5.56 Å². The van der Waals surface area contributed by atoms with Crippen LogP contribution in [0.5, 0.6) is 5.88 Å². The molecule has 2 heterocycles. The lowest BCUT2D eigenvalue weighted by Gasteiger charge is -2.21. The maximum atomic E-state index is 12.3. The SMILES string of the molecule is Cc1cccc(-c2c(O)nc(C3CCCOC3)[nH]c2=O)c1. The Labute approximate surface area is 122 Å². The Morgan fingerprint density at radius 3 is 2.95 bits per heavy atom. The topological polar surface area (TPSA) is 75.2 Å². The number of hydrogen-bond donors (Lipinski definition) is 2. The molecular formula is C16H18N2O3. The molecular weight excluding hydrogens is 268 g/mol. The van der Waals surface area contributed by atoms with Crippen LogP contribution in [0, 0.1) is 6.92 Å². The molecule has 2 N–H and O–H groups in total. The number of nitrogens with one attached hydrogen (secondary N) is 1. The van der Waals surface area contributed by atoms with E-state index in [9.17, 15) is 9.90 Å². The molecule has 1 atom stereocenters. The number of hydrogen-bond acceptors (Lipinski definition) is 4. The lowest BCUT2D eigenvalue weighted by molar-refractivity contribution is 0.0778. The second-order valence-corrected chi connectivity index (χ2v) is 5.43. The average molecular weight is 286 g/mol. The molecule has 5 nitrogen and oxygen atoms in total. The van der Waals surface area contributed by atoms with Gasteiger partial charge in [-0.25, -0.2) is 0 Å². The molecule has 1 aromatic carbocycles. The molecule has 0 amide bonds. The molecule has 5 heteroatoms. The molecule has 1 aromatic heterocycles. The summed E-state index contributed by atoms with van der Waals surface area (Å²) >= 11 is 0. The summed E-state index contributed by atoms with van der Waals surface area (Å²) in [6, 6.07) is 7.44. The summed E-state index contributed by atoms with van der Waals surface area (Å²) in [4.78, 5) is 19.3. The minimum Gasteiger partial charge on any atom is -0.493 e. The number of aryl methyl sites for hydroxylation is 1. The van der Waals surface area contributed by atoms with E-state index in [0.717, 1.165) is 25.0 Å². The van der Waals surface area contributed by atoms with Gasteiger partial charge in [0.25, 0.3) is 5.56 Å². The third-order valence-electron chi connectivity index (χ3n) is 3.77. The van der Waals surface area contributed by atoms with Gasteiger partial charge in [-0.3, -0.25) is 4.79 Å². The number of aromatic amines is 1. The van der Waals surface area contributed by atoms with Gasteiger partial charge in [0, 0.05) is 12.5 Å². The highest BCUT2D eigenvalue weighted by Gasteiger charge is 2.21. The molecule has 1 saturated heterocycles. The van der Waals surface area contributed by atoms with Crippen LogP contribution in [-0.4, -0.2) is 28.3 Å². The standard InChI is InChI=1S/C16H18N2O3/c1-10-4-2-5-11(8-10)13-15(19)17-14(18-16(13)20)12-6-3-7-21-9-12/h2,4-5,8,12H,3,6-7,9H2,1H3,(H2,17,18,19,20). The highest BCUT2D eigenvalue weighted by Crippen LogP contribution is 2.27. The van der Waals surface area contributed by atoms with E-state index in [1.165, 1.54) is 0 Å². The monoisotopic (exact) mass is 286 g/mol. The van der Waals surface area contributed by atoms with Gasteiger partial charge < -0.3 is 14.8 Å². The second kappa shape index (κ2) is 5.69. The maximum Gasteiger partial charge on any atom is 0.262 e. The van der Waals surface area contributed by atoms with Crippen molar-refractivity contribution in [3.05, 3.63) is 46.0 Å². The minimum absolute atomic E-state index is 0.0453. The smallest absolute Gasteiger partial charge is 0.262 e. The summed E-state index contributed by atoms with van der Waals surface area (Å²) < 4.78 is 5.40. The molecule has 1 aliphatic heterocycles. The first-order chi connectivity index (χ1) is 10.1. The van der Waals surface area contributed by atoms with Crippen molar-refractivity contribution in [1.29, 1.82) is 0 Å². The summed E-state index contributed by atoms with van der Waals surface area (Å²) in [6.45, 7) is 3.22. The lowest BCUT2D eigenvalue weighted by atomic mass is 10.0. The van der Waals surface area contributed by atoms with Crippen molar-refractivity contribution in [3.63, 3.8) is 0 Å². The van der Waals surface area contributed by atoms with E-state index in [1.54, 1.807) is 6.07 Å². The van der Waals surface area contributed by atoms with E-state index < -0.39 is 0 Å². The molecule has 1 aliphatic rings. The van der Waals surface area contributed by atoms with E-state index in [0.29, 0.717) is 18.0 Å². The summed E-state index contributed by atoms with van der Waals surface area (Å²) in [5, 5.41) is 10.2. The van der Waals surface area contributed by atoms with E-state index in [2.05, 4.69) is 9.97 Å². The van der Waals surface area contributed by atoms with Gasteiger partial charge in [0.05, 0.1) is 6.61 Å². The van der Waals surface area contributed by atoms with Gasteiger partial charge in [-0.1, -0.05) is 29.8 Å². The summed E-state index contributed by atoms with van der Waals surface area (Å²) in [5.74, 6) is 0.336. The van der Waals surface area contributed by atoms with Crippen LogP contribution in [0.15, 0.2) is 29.1 Å². The molecule has 21 heavy (non-hydrogen) atoms. The van der Waals surface area contributed by atoms with Crippen LogP contribution in [0.3, 0.4) is 0 Å². The number of nitrogens with zero attached hydrogens (tertiary/aromatic N) is 1. The fourth-order valence-corrected chi connectivity index (χ4v) is 2.69. The Kier molecular flexibility index (Phi) is 3.75. The molecule has 0 spiro atoms. The Morgan fingerprint density at radius 2 is 2.29 bits per heavy atom. The van der Waals surface area contributed by atoms with E-state index in [1.807, 2.05) is 25.1 Å². The zero-order valence-corrected chi connectivity index (χ0v) is 11.9. The predicted octanol–water partition coefficient (Wildman–Crippen LogP) is 2.34. The number of ether oxygens (including phenoxy) is 1. The zero-order chi connectivity index (χ0) is 14.8. The minimum atomic E-state index is -0.311. The van der Waals surface area contributed by atoms with Gasteiger partial charge in [-0.2, -0.15) is 4.98 Å². The van der Waals surface area contributed by atoms with Crippen molar-refractivity contribution in [2.75, 3.05) is 13.2 Å². The highest BCUT2D eigenvalue weighted by atomic mass is 16.5. The molecule has 0 aliphatic carbocycles. The Morgan fingerprint density at radius 1 is 1.43 bits per heavy atom. The average Bonchev–Trinajstić information content (AvgIpc) is 2.47. The third-order valence-corrected chi connectivity index (χ3v) is 3.77. The van der Waals surface area contributed by atoms with E-state index >= 15 is 0 Å². The third kappa shape index (κ3) is 2.83. The zero-order valence-electron chi connectivity index (χ0n) is 11.9. The van der Waals surface area contributed by atoms with Crippen molar-refractivity contribution in [2.45, 2.75) is 25.7 Å². The Hall–Kier alpha value is -2.14.